The summed E-state index contributed by atoms with van der Waals surface area (Å²) in [5, 5.41) is 2.69. The van der Waals surface area contributed by atoms with Crippen molar-refractivity contribution in [2.45, 2.75) is 13.8 Å². The number of nitrogens with zero attached hydrogens (tertiary/aromatic N) is 1. The van der Waals surface area contributed by atoms with Gasteiger partial charge in [-0.1, -0.05) is 12.1 Å². The molecule has 0 atom stereocenters. The van der Waals surface area contributed by atoms with E-state index in [1.807, 2.05) is 26.0 Å². The summed E-state index contributed by atoms with van der Waals surface area (Å²) in [7, 11) is -3.43. The van der Waals surface area contributed by atoms with Crippen LogP contribution in [0.4, 0.5) is 5.69 Å². The van der Waals surface area contributed by atoms with E-state index in [9.17, 15) is 13.2 Å². The van der Waals surface area contributed by atoms with Gasteiger partial charge in [0.05, 0.1) is 12.8 Å². The molecule has 0 aliphatic carbocycles. The fourth-order valence-electron chi connectivity index (χ4n) is 1.64. The van der Waals surface area contributed by atoms with Crippen molar-refractivity contribution in [1.82, 2.24) is 4.31 Å². The van der Waals surface area contributed by atoms with Crippen LogP contribution < -0.4 is 5.32 Å². The van der Waals surface area contributed by atoms with E-state index in [1.165, 1.54) is 6.08 Å². The Bertz CT molecular complexity index is 609. The highest BCUT2D eigenvalue weighted by Crippen LogP contribution is 2.14. The van der Waals surface area contributed by atoms with E-state index >= 15 is 0 Å². The average molecular weight is 296 g/mol. The zero-order chi connectivity index (χ0) is 15.3. The minimum atomic E-state index is -3.43. The Labute approximate surface area is 120 Å². The Morgan fingerprint density at radius 2 is 2.00 bits per heavy atom. The van der Waals surface area contributed by atoms with Crippen LogP contribution in [0.1, 0.15) is 11.1 Å². The number of rotatable bonds is 6. The Hall–Kier alpha value is -1.66. The number of carbonyl (C=O) groups excluding carboxylic acids is 1. The minimum absolute atomic E-state index is 0.110. The molecule has 0 aliphatic heterocycles. The van der Waals surface area contributed by atoms with Crippen LogP contribution >= 0.6 is 0 Å². The number of amides is 1. The average Bonchev–Trinajstić information content (AvgIpc) is 2.32. The van der Waals surface area contributed by atoms with Crippen LogP contribution in [0.15, 0.2) is 30.9 Å². The van der Waals surface area contributed by atoms with Gasteiger partial charge in [0.15, 0.2) is 0 Å². The number of aryl methyl sites for hydroxylation is 2. The van der Waals surface area contributed by atoms with Gasteiger partial charge < -0.3 is 5.32 Å². The molecule has 1 N–H and O–H groups in total. The SMILES string of the molecule is C=CCN(CC(=O)Nc1ccc(C)c(C)c1)S(C)(=O)=O. The first-order valence-corrected chi connectivity index (χ1v) is 8.02. The zero-order valence-electron chi connectivity index (χ0n) is 12.0. The number of nitrogens with one attached hydrogen (secondary N) is 1. The van der Waals surface area contributed by atoms with Crippen LogP contribution in [0.2, 0.25) is 0 Å². The predicted molar refractivity (Wildman–Crippen MR) is 81.2 cm³/mol. The fraction of sp³-hybridized carbons (Fsp3) is 0.357. The molecule has 0 bridgehead atoms. The minimum Gasteiger partial charge on any atom is -0.325 e. The summed E-state index contributed by atoms with van der Waals surface area (Å²) >= 11 is 0. The quantitative estimate of drug-likeness (QED) is 0.812. The maximum absolute atomic E-state index is 11.9. The van der Waals surface area contributed by atoms with Gasteiger partial charge in [0.2, 0.25) is 15.9 Å². The third-order valence-corrected chi connectivity index (χ3v) is 4.13. The van der Waals surface area contributed by atoms with E-state index in [2.05, 4.69) is 11.9 Å². The first-order chi connectivity index (χ1) is 9.24. The highest BCUT2D eigenvalue weighted by molar-refractivity contribution is 7.88. The van der Waals surface area contributed by atoms with Gasteiger partial charge in [-0.05, 0) is 37.1 Å². The van der Waals surface area contributed by atoms with Crippen LogP contribution in [0.25, 0.3) is 0 Å². The van der Waals surface area contributed by atoms with Crippen molar-refractivity contribution in [2.75, 3.05) is 24.7 Å². The van der Waals surface area contributed by atoms with Crippen molar-refractivity contribution in [3.63, 3.8) is 0 Å². The van der Waals surface area contributed by atoms with E-state index in [0.29, 0.717) is 5.69 Å². The molecule has 0 heterocycles. The lowest BCUT2D eigenvalue weighted by molar-refractivity contribution is -0.116. The Kier molecular flexibility index (Phi) is 5.47. The fourth-order valence-corrected chi connectivity index (χ4v) is 2.37. The van der Waals surface area contributed by atoms with Gasteiger partial charge in [-0.2, -0.15) is 4.31 Å². The summed E-state index contributed by atoms with van der Waals surface area (Å²) in [5.74, 6) is -0.375. The van der Waals surface area contributed by atoms with Gasteiger partial charge in [-0.3, -0.25) is 4.79 Å². The molecule has 110 valence electrons. The number of carbonyl (C=O) groups is 1. The highest BCUT2D eigenvalue weighted by atomic mass is 32.2. The highest BCUT2D eigenvalue weighted by Gasteiger charge is 2.18. The molecule has 1 aromatic rings. The van der Waals surface area contributed by atoms with Crippen molar-refractivity contribution in [1.29, 1.82) is 0 Å². The topological polar surface area (TPSA) is 66.5 Å². The molecule has 6 heteroatoms. The summed E-state index contributed by atoms with van der Waals surface area (Å²) in [4.78, 5) is 11.9. The smallest absolute Gasteiger partial charge is 0.239 e. The normalized spacial score (nSPS) is 11.4. The number of benzene rings is 1. The molecule has 1 aromatic carbocycles. The molecular weight excluding hydrogens is 276 g/mol. The van der Waals surface area contributed by atoms with E-state index in [0.717, 1.165) is 21.7 Å². The molecule has 1 amide bonds. The molecule has 0 saturated heterocycles. The summed E-state index contributed by atoms with van der Waals surface area (Å²) in [6, 6.07) is 5.55. The molecule has 0 spiro atoms. The van der Waals surface area contributed by atoms with E-state index in [1.54, 1.807) is 6.07 Å². The number of anilines is 1. The van der Waals surface area contributed by atoms with Gasteiger partial charge >= 0.3 is 0 Å². The van der Waals surface area contributed by atoms with Crippen molar-refractivity contribution in [3.8, 4) is 0 Å². The van der Waals surface area contributed by atoms with Crippen LogP contribution in [0.3, 0.4) is 0 Å². The van der Waals surface area contributed by atoms with Gasteiger partial charge in [0.25, 0.3) is 0 Å². The maximum atomic E-state index is 11.9. The number of sulfonamides is 1. The second-order valence-corrected chi connectivity index (χ2v) is 6.67. The zero-order valence-corrected chi connectivity index (χ0v) is 12.8. The summed E-state index contributed by atoms with van der Waals surface area (Å²) in [6.45, 7) is 7.31. The Balaban J connectivity index is 2.75. The van der Waals surface area contributed by atoms with Crippen molar-refractivity contribution >= 4 is 21.6 Å². The lowest BCUT2D eigenvalue weighted by Gasteiger charge is -2.17. The molecule has 20 heavy (non-hydrogen) atoms. The Morgan fingerprint density at radius 1 is 1.35 bits per heavy atom. The molecule has 0 saturated carbocycles. The Morgan fingerprint density at radius 3 is 2.50 bits per heavy atom. The summed E-state index contributed by atoms with van der Waals surface area (Å²) in [5.41, 5.74) is 2.85. The van der Waals surface area contributed by atoms with Crippen LogP contribution in [-0.2, 0) is 14.8 Å². The van der Waals surface area contributed by atoms with Crippen molar-refractivity contribution in [3.05, 3.63) is 42.0 Å². The molecule has 0 fully saturated rings. The van der Waals surface area contributed by atoms with Crippen LogP contribution in [-0.4, -0.2) is 38.0 Å². The van der Waals surface area contributed by atoms with Crippen molar-refractivity contribution in [2.24, 2.45) is 0 Å². The van der Waals surface area contributed by atoms with E-state index < -0.39 is 10.0 Å². The van der Waals surface area contributed by atoms with E-state index in [4.69, 9.17) is 0 Å². The molecule has 1 rings (SSSR count). The van der Waals surface area contributed by atoms with Gasteiger partial charge in [0.1, 0.15) is 0 Å². The first kappa shape index (κ1) is 16.4. The second-order valence-electron chi connectivity index (χ2n) is 4.69. The predicted octanol–water partition coefficient (Wildman–Crippen LogP) is 1.69. The van der Waals surface area contributed by atoms with Gasteiger partial charge in [-0.25, -0.2) is 8.42 Å². The third kappa shape index (κ3) is 4.79. The lowest BCUT2D eigenvalue weighted by Crippen LogP contribution is -2.37. The van der Waals surface area contributed by atoms with E-state index in [-0.39, 0.29) is 19.0 Å². The molecule has 0 aliphatic rings. The monoisotopic (exact) mass is 296 g/mol. The number of hydrogen-bond acceptors (Lipinski definition) is 3. The maximum Gasteiger partial charge on any atom is 0.239 e. The molecule has 5 nitrogen and oxygen atoms in total. The lowest BCUT2D eigenvalue weighted by atomic mass is 10.1. The van der Waals surface area contributed by atoms with Gasteiger partial charge in [-0.15, -0.1) is 6.58 Å². The standard InChI is InChI=1S/C14H20N2O3S/c1-5-8-16(20(4,18)19)10-14(17)15-13-7-6-11(2)12(3)9-13/h5-7,9H,1,8,10H2,2-4H3,(H,15,17). The second kappa shape index (κ2) is 6.67. The van der Waals surface area contributed by atoms with Crippen LogP contribution in [0.5, 0.6) is 0 Å². The molecular formula is C14H20N2O3S. The van der Waals surface area contributed by atoms with Gasteiger partial charge in [0, 0.05) is 12.2 Å². The summed E-state index contributed by atoms with van der Waals surface area (Å²) < 4.78 is 24.1. The molecule has 0 aromatic heterocycles. The largest absolute Gasteiger partial charge is 0.325 e. The first-order valence-electron chi connectivity index (χ1n) is 6.17. The summed E-state index contributed by atoms with van der Waals surface area (Å²) in [6.07, 6.45) is 2.52. The third-order valence-electron chi connectivity index (χ3n) is 2.91. The molecule has 0 unspecified atom stereocenters. The number of hydrogen-bond donors (Lipinski definition) is 1. The van der Waals surface area contributed by atoms with Crippen molar-refractivity contribution < 1.29 is 13.2 Å². The molecule has 0 radical (unpaired) electrons. The van der Waals surface area contributed by atoms with Crippen LogP contribution in [0, 0.1) is 13.8 Å².